The van der Waals surface area contributed by atoms with E-state index in [0.29, 0.717) is 5.78 Å². The Kier molecular flexibility index (Phi) is 12.5. The lowest BCUT2D eigenvalue weighted by atomic mass is 10.0. The van der Waals surface area contributed by atoms with Gasteiger partial charge in [-0.15, -0.1) is 0 Å². The molecule has 0 aromatic carbocycles. The quantitative estimate of drug-likeness (QED) is 0.615. The molecule has 0 saturated heterocycles. The summed E-state index contributed by atoms with van der Waals surface area (Å²) in [5.41, 5.74) is 0. The van der Waals surface area contributed by atoms with E-state index in [2.05, 4.69) is 20.3 Å². The zero-order valence-electron chi connectivity index (χ0n) is 11.3. The van der Waals surface area contributed by atoms with E-state index >= 15 is 0 Å². The van der Waals surface area contributed by atoms with Crippen molar-refractivity contribution in [2.75, 3.05) is 0 Å². The molecule has 0 N–H and O–H groups in total. The first-order chi connectivity index (χ1) is 7.81. The van der Waals surface area contributed by atoms with Gasteiger partial charge in [0.25, 0.3) is 0 Å². The molecule has 1 nitrogen and oxygen atoms in total. The zero-order chi connectivity index (χ0) is 12.1. The largest absolute Gasteiger partial charge is 0.300 e. The second-order valence-corrected chi connectivity index (χ2v) is 4.67. The lowest BCUT2D eigenvalue weighted by Crippen LogP contribution is -1.96. The van der Waals surface area contributed by atoms with Crippen LogP contribution < -0.4 is 0 Å². The minimum atomic E-state index is 0.448. The van der Waals surface area contributed by atoms with E-state index in [0.717, 1.165) is 38.5 Å². The summed E-state index contributed by atoms with van der Waals surface area (Å²) in [6.45, 7) is 4.24. The lowest BCUT2D eigenvalue weighted by Gasteiger charge is -2.05. The second-order valence-electron chi connectivity index (χ2n) is 4.67. The molecule has 95 valence electrons. The molecule has 0 unspecified atom stereocenters. The van der Waals surface area contributed by atoms with E-state index in [9.17, 15) is 4.79 Å². The molecule has 0 heterocycles. The van der Waals surface area contributed by atoms with Gasteiger partial charge in [-0.2, -0.15) is 0 Å². The number of carbonyl (C=O) groups is 1. The number of ketones is 1. The SMILES string of the molecule is CCCCC(=O)CCCC.[CH]1CCCCC1. The van der Waals surface area contributed by atoms with Gasteiger partial charge in [0.15, 0.2) is 0 Å². The molecule has 1 saturated carbocycles. The van der Waals surface area contributed by atoms with Crippen molar-refractivity contribution in [2.24, 2.45) is 0 Å². The molecule has 0 amide bonds. The fraction of sp³-hybridized carbons (Fsp3) is 0.867. The normalized spacial score (nSPS) is 15.1. The Labute approximate surface area is 102 Å². The van der Waals surface area contributed by atoms with Gasteiger partial charge in [0.05, 0.1) is 0 Å². The molecular weight excluding hydrogens is 196 g/mol. The predicted molar refractivity (Wildman–Crippen MR) is 71.4 cm³/mol. The number of unbranched alkanes of at least 4 members (excludes halogenated alkanes) is 2. The monoisotopic (exact) mass is 225 g/mol. The van der Waals surface area contributed by atoms with Crippen molar-refractivity contribution in [1.29, 1.82) is 0 Å². The third-order valence-corrected chi connectivity index (χ3v) is 2.93. The van der Waals surface area contributed by atoms with Crippen LogP contribution in [0.2, 0.25) is 0 Å². The molecule has 1 aliphatic carbocycles. The van der Waals surface area contributed by atoms with Gasteiger partial charge in [-0.1, -0.05) is 58.8 Å². The second kappa shape index (κ2) is 12.7. The number of carbonyl (C=O) groups excluding carboxylic acids is 1. The maximum Gasteiger partial charge on any atom is 0.132 e. The van der Waals surface area contributed by atoms with Crippen LogP contribution >= 0.6 is 0 Å². The summed E-state index contributed by atoms with van der Waals surface area (Å²) in [4.78, 5) is 11.0. The first-order valence-corrected chi connectivity index (χ1v) is 7.14. The molecule has 1 radical (unpaired) electrons. The Morgan fingerprint density at radius 3 is 1.69 bits per heavy atom. The van der Waals surface area contributed by atoms with Crippen LogP contribution in [0.5, 0.6) is 0 Å². The van der Waals surface area contributed by atoms with E-state index in [1.54, 1.807) is 0 Å². The highest BCUT2D eigenvalue weighted by Gasteiger charge is 1.98. The smallest absolute Gasteiger partial charge is 0.132 e. The van der Waals surface area contributed by atoms with Crippen LogP contribution in [-0.4, -0.2) is 5.78 Å². The Morgan fingerprint density at radius 2 is 1.44 bits per heavy atom. The Hall–Kier alpha value is -0.330. The summed E-state index contributed by atoms with van der Waals surface area (Å²) in [6, 6.07) is 0. The highest BCUT2D eigenvalue weighted by molar-refractivity contribution is 5.78. The molecule has 0 aromatic heterocycles. The summed E-state index contributed by atoms with van der Waals surface area (Å²) in [5.74, 6) is 0.448. The maximum atomic E-state index is 11.0. The topological polar surface area (TPSA) is 17.1 Å². The molecule has 0 aliphatic heterocycles. The van der Waals surface area contributed by atoms with E-state index in [1.807, 2.05) is 0 Å². The molecule has 0 atom stereocenters. The highest BCUT2D eigenvalue weighted by Crippen LogP contribution is 2.14. The van der Waals surface area contributed by atoms with Crippen molar-refractivity contribution in [1.82, 2.24) is 0 Å². The zero-order valence-corrected chi connectivity index (χ0v) is 11.3. The van der Waals surface area contributed by atoms with Crippen LogP contribution in [0.4, 0.5) is 0 Å². The molecule has 16 heavy (non-hydrogen) atoms. The standard InChI is InChI=1S/C9H18O.C6H11/c1-3-5-7-9(10)8-6-4-2;1-2-4-6-5-3-1/h3-8H2,1-2H3;1H,2-6H2. The Bertz CT molecular complexity index is 126. The number of hydrogen-bond donors (Lipinski definition) is 0. The van der Waals surface area contributed by atoms with Gasteiger partial charge in [0.2, 0.25) is 0 Å². The van der Waals surface area contributed by atoms with Gasteiger partial charge in [-0.3, -0.25) is 4.79 Å². The minimum Gasteiger partial charge on any atom is -0.300 e. The maximum absolute atomic E-state index is 11.0. The van der Waals surface area contributed by atoms with Crippen LogP contribution in [0.25, 0.3) is 0 Å². The lowest BCUT2D eigenvalue weighted by molar-refractivity contribution is -0.119. The van der Waals surface area contributed by atoms with Crippen LogP contribution in [0.3, 0.4) is 0 Å². The summed E-state index contributed by atoms with van der Waals surface area (Å²) in [6.07, 6.45) is 15.5. The third-order valence-electron chi connectivity index (χ3n) is 2.93. The highest BCUT2D eigenvalue weighted by atomic mass is 16.1. The Morgan fingerprint density at radius 1 is 0.938 bits per heavy atom. The molecule has 0 bridgehead atoms. The van der Waals surface area contributed by atoms with Crippen molar-refractivity contribution >= 4 is 5.78 Å². The fourth-order valence-corrected chi connectivity index (χ4v) is 1.77. The van der Waals surface area contributed by atoms with Gasteiger partial charge >= 0.3 is 0 Å². The molecule has 1 heteroatoms. The van der Waals surface area contributed by atoms with Crippen molar-refractivity contribution in [3.05, 3.63) is 6.42 Å². The van der Waals surface area contributed by atoms with Crippen LogP contribution in [0.15, 0.2) is 0 Å². The first kappa shape index (κ1) is 15.7. The van der Waals surface area contributed by atoms with Crippen LogP contribution in [-0.2, 0) is 4.79 Å². The van der Waals surface area contributed by atoms with Crippen molar-refractivity contribution in [2.45, 2.75) is 84.5 Å². The van der Waals surface area contributed by atoms with Crippen molar-refractivity contribution in [3.8, 4) is 0 Å². The summed E-state index contributed by atoms with van der Waals surface area (Å²) in [7, 11) is 0. The molecule has 1 fully saturated rings. The number of hydrogen-bond acceptors (Lipinski definition) is 1. The summed E-state index contributed by atoms with van der Waals surface area (Å²) >= 11 is 0. The van der Waals surface area contributed by atoms with Crippen LogP contribution in [0.1, 0.15) is 84.5 Å². The van der Waals surface area contributed by atoms with Gasteiger partial charge in [0.1, 0.15) is 5.78 Å². The number of Topliss-reactive ketones (excluding diaryl/α,β-unsaturated/α-hetero) is 1. The average Bonchev–Trinajstić information content (AvgIpc) is 2.36. The van der Waals surface area contributed by atoms with E-state index in [-0.39, 0.29) is 0 Å². The van der Waals surface area contributed by atoms with Gasteiger partial charge in [-0.25, -0.2) is 0 Å². The summed E-state index contributed by atoms with van der Waals surface area (Å²) in [5, 5.41) is 0. The number of rotatable bonds is 6. The van der Waals surface area contributed by atoms with Gasteiger partial charge < -0.3 is 0 Å². The molecular formula is C15H29O. The van der Waals surface area contributed by atoms with Gasteiger partial charge in [0, 0.05) is 12.8 Å². The first-order valence-electron chi connectivity index (χ1n) is 7.14. The van der Waals surface area contributed by atoms with Crippen molar-refractivity contribution in [3.63, 3.8) is 0 Å². The van der Waals surface area contributed by atoms with Crippen LogP contribution in [0, 0.1) is 6.42 Å². The third kappa shape index (κ3) is 11.7. The van der Waals surface area contributed by atoms with E-state index in [1.165, 1.54) is 32.1 Å². The molecule has 0 aromatic rings. The summed E-state index contributed by atoms with van der Waals surface area (Å²) < 4.78 is 0. The minimum absolute atomic E-state index is 0.448. The van der Waals surface area contributed by atoms with Crippen molar-refractivity contribution < 1.29 is 4.79 Å². The molecule has 0 spiro atoms. The van der Waals surface area contributed by atoms with E-state index < -0.39 is 0 Å². The van der Waals surface area contributed by atoms with E-state index in [4.69, 9.17) is 0 Å². The average molecular weight is 225 g/mol. The molecule has 1 rings (SSSR count). The van der Waals surface area contributed by atoms with Gasteiger partial charge in [-0.05, 0) is 19.3 Å². The fourth-order valence-electron chi connectivity index (χ4n) is 1.77. The Balaban J connectivity index is 0.000000315. The predicted octanol–water partition coefficient (Wildman–Crippen LogP) is 5.09. The molecule has 1 aliphatic rings.